The van der Waals surface area contributed by atoms with Crippen LogP contribution in [0.1, 0.15) is 25.2 Å². The van der Waals surface area contributed by atoms with Crippen LogP contribution in [0.15, 0.2) is 16.6 Å². The summed E-state index contributed by atoms with van der Waals surface area (Å²) in [4.78, 5) is 0. The van der Waals surface area contributed by atoms with E-state index in [9.17, 15) is 8.78 Å². The van der Waals surface area contributed by atoms with Crippen LogP contribution in [0.3, 0.4) is 0 Å². The van der Waals surface area contributed by atoms with Crippen molar-refractivity contribution in [2.75, 3.05) is 5.32 Å². The van der Waals surface area contributed by atoms with Crippen LogP contribution in [-0.4, -0.2) is 9.78 Å². The summed E-state index contributed by atoms with van der Waals surface area (Å²) in [6.07, 6.45) is 0.731. The summed E-state index contributed by atoms with van der Waals surface area (Å²) in [6, 6.07) is 2.20. The molecule has 1 aromatic carbocycles. The molecule has 0 aliphatic rings. The first-order chi connectivity index (χ1) is 9.97. The van der Waals surface area contributed by atoms with Gasteiger partial charge in [-0.05, 0) is 35.3 Å². The van der Waals surface area contributed by atoms with E-state index in [-0.39, 0.29) is 10.2 Å². The zero-order chi connectivity index (χ0) is 15.6. The topological polar surface area (TPSA) is 29.9 Å². The monoisotopic (exact) mass is 377 g/mol. The van der Waals surface area contributed by atoms with Gasteiger partial charge in [0.1, 0.15) is 11.6 Å². The maximum Gasteiger partial charge on any atom is 0.149 e. The molecule has 7 heteroatoms. The molecule has 2 aromatic rings. The van der Waals surface area contributed by atoms with Crippen molar-refractivity contribution in [1.82, 2.24) is 9.78 Å². The van der Waals surface area contributed by atoms with Gasteiger partial charge in [0.05, 0.1) is 33.1 Å². The highest BCUT2D eigenvalue weighted by atomic mass is 79.9. The van der Waals surface area contributed by atoms with Crippen molar-refractivity contribution in [3.8, 4) is 0 Å². The van der Waals surface area contributed by atoms with Gasteiger partial charge in [-0.1, -0.05) is 18.5 Å². The summed E-state index contributed by atoms with van der Waals surface area (Å²) in [6.45, 7) is 4.92. The van der Waals surface area contributed by atoms with Gasteiger partial charge in [0.2, 0.25) is 0 Å². The summed E-state index contributed by atoms with van der Waals surface area (Å²) in [7, 11) is 0. The molecule has 0 saturated carbocycles. The average molecular weight is 379 g/mol. The molecule has 0 aliphatic heterocycles. The molecule has 0 unspecified atom stereocenters. The fourth-order valence-corrected chi connectivity index (χ4v) is 2.70. The molecule has 0 bridgehead atoms. The number of benzene rings is 1. The van der Waals surface area contributed by atoms with Gasteiger partial charge in [-0.15, -0.1) is 0 Å². The van der Waals surface area contributed by atoms with Crippen LogP contribution in [0, 0.1) is 11.6 Å². The van der Waals surface area contributed by atoms with Crippen LogP contribution in [0.4, 0.5) is 14.5 Å². The third kappa shape index (κ3) is 3.37. The molecule has 21 heavy (non-hydrogen) atoms. The highest BCUT2D eigenvalue weighted by Gasteiger charge is 2.15. The first kappa shape index (κ1) is 16.2. The third-order valence-electron chi connectivity index (χ3n) is 3.15. The Morgan fingerprint density at radius 1 is 1.29 bits per heavy atom. The number of nitrogens with zero attached hydrogens (tertiary/aromatic N) is 2. The Balaban J connectivity index is 2.24. The minimum Gasteiger partial charge on any atom is -0.377 e. The molecule has 2 rings (SSSR count). The average Bonchev–Trinajstić information content (AvgIpc) is 2.77. The molecule has 1 N–H and O–H groups in total. The molecular weight excluding hydrogens is 364 g/mol. The van der Waals surface area contributed by atoms with Gasteiger partial charge in [0, 0.05) is 12.6 Å². The Bertz CT molecular complexity index is 658. The zero-order valence-corrected chi connectivity index (χ0v) is 14.0. The molecule has 114 valence electrons. The predicted octanol–water partition coefficient (Wildman–Crippen LogP) is 4.77. The fourth-order valence-electron chi connectivity index (χ4n) is 2.02. The van der Waals surface area contributed by atoms with Crippen molar-refractivity contribution in [3.63, 3.8) is 0 Å². The second-order valence-corrected chi connectivity index (χ2v) is 5.71. The fraction of sp³-hybridized carbons (Fsp3) is 0.357. The van der Waals surface area contributed by atoms with Gasteiger partial charge in [0.15, 0.2) is 0 Å². The summed E-state index contributed by atoms with van der Waals surface area (Å²) in [5.41, 5.74) is 1.81. The van der Waals surface area contributed by atoms with Gasteiger partial charge < -0.3 is 5.32 Å². The smallest absolute Gasteiger partial charge is 0.149 e. The minimum atomic E-state index is -0.648. The lowest BCUT2D eigenvalue weighted by Gasteiger charge is -2.10. The van der Waals surface area contributed by atoms with Crippen LogP contribution in [0.5, 0.6) is 0 Å². The minimum absolute atomic E-state index is 0.204. The molecule has 1 aromatic heterocycles. The van der Waals surface area contributed by atoms with Crippen molar-refractivity contribution < 1.29 is 8.78 Å². The molecule has 1 heterocycles. The number of rotatable bonds is 5. The van der Waals surface area contributed by atoms with E-state index in [1.807, 2.05) is 13.8 Å². The number of aromatic nitrogens is 2. The summed E-state index contributed by atoms with van der Waals surface area (Å²) < 4.78 is 28.9. The normalized spacial score (nSPS) is 11.0. The van der Waals surface area contributed by atoms with Crippen LogP contribution >= 0.6 is 27.5 Å². The summed E-state index contributed by atoms with van der Waals surface area (Å²) >= 11 is 9.32. The van der Waals surface area contributed by atoms with E-state index in [4.69, 9.17) is 11.6 Å². The lowest BCUT2D eigenvalue weighted by Crippen LogP contribution is -2.09. The van der Waals surface area contributed by atoms with E-state index in [1.165, 1.54) is 6.07 Å². The first-order valence-electron chi connectivity index (χ1n) is 6.60. The van der Waals surface area contributed by atoms with Crippen LogP contribution < -0.4 is 5.32 Å². The zero-order valence-electron chi connectivity index (χ0n) is 11.7. The van der Waals surface area contributed by atoms with Gasteiger partial charge >= 0.3 is 0 Å². The highest BCUT2D eigenvalue weighted by molar-refractivity contribution is 9.10. The SMILES string of the molecule is CCc1nn(CC)c(CNc2cc(Br)c(F)cc2F)c1Cl. The van der Waals surface area contributed by atoms with Crippen LogP contribution in [0.2, 0.25) is 5.02 Å². The first-order valence-corrected chi connectivity index (χ1v) is 7.77. The third-order valence-corrected chi connectivity index (χ3v) is 4.19. The maximum absolute atomic E-state index is 13.7. The largest absolute Gasteiger partial charge is 0.377 e. The van der Waals surface area contributed by atoms with Gasteiger partial charge in [0.25, 0.3) is 0 Å². The van der Waals surface area contributed by atoms with Gasteiger partial charge in [-0.3, -0.25) is 4.68 Å². The maximum atomic E-state index is 13.7. The molecule has 0 saturated heterocycles. The quantitative estimate of drug-likeness (QED) is 0.759. The van der Waals surface area contributed by atoms with E-state index in [1.54, 1.807) is 4.68 Å². The Hall–Kier alpha value is -1.14. The number of halogens is 4. The molecule has 0 fully saturated rings. The van der Waals surface area contributed by atoms with E-state index in [2.05, 4.69) is 26.3 Å². The van der Waals surface area contributed by atoms with E-state index in [0.29, 0.717) is 18.1 Å². The molecule has 0 spiro atoms. The van der Waals surface area contributed by atoms with Crippen molar-refractivity contribution in [2.45, 2.75) is 33.4 Å². The molecule has 0 radical (unpaired) electrons. The number of aryl methyl sites for hydroxylation is 2. The van der Waals surface area contributed by atoms with E-state index < -0.39 is 11.6 Å². The van der Waals surface area contributed by atoms with Gasteiger partial charge in [-0.25, -0.2) is 8.78 Å². The Morgan fingerprint density at radius 2 is 2.00 bits per heavy atom. The van der Waals surface area contributed by atoms with Crippen molar-refractivity contribution in [2.24, 2.45) is 0 Å². The Kier molecular flexibility index (Phi) is 5.22. The predicted molar refractivity (Wildman–Crippen MR) is 83.7 cm³/mol. The molecular formula is C14H15BrClF2N3. The number of hydrogen-bond donors (Lipinski definition) is 1. The Morgan fingerprint density at radius 3 is 2.62 bits per heavy atom. The lowest BCUT2D eigenvalue weighted by atomic mass is 10.2. The van der Waals surface area contributed by atoms with Crippen molar-refractivity contribution in [1.29, 1.82) is 0 Å². The van der Waals surface area contributed by atoms with Crippen LogP contribution in [0.25, 0.3) is 0 Å². The van der Waals surface area contributed by atoms with Crippen molar-refractivity contribution in [3.05, 3.63) is 44.7 Å². The van der Waals surface area contributed by atoms with Crippen LogP contribution in [-0.2, 0) is 19.5 Å². The molecule has 0 atom stereocenters. The Labute approximate surface area is 135 Å². The lowest BCUT2D eigenvalue weighted by molar-refractivity contribution is 0.579. The van der Waals surface area contributed by atoms with E-state index in [0.717, 1.165) is 23.9 Å². The molecule has 0 amide bonds. The standard InChI is InChI=1S/C14H15BrClF2N3/c1-3-11-14(16)13(21(4-2)20-11)7-19-12-5-8(15)9(17)6-10(12)18/h5-6,19H,3-4,7H2,1-2H3. The molecule has 3 nitrogen and oxygen atoms in total. The second kappa shape index (κ2) is 6.75. The number of nitrogens with one attached hydrogen (secondary N) is 1. The number of anilines is 1. The summed E-state index contributed by atoms with van der Waals surface area (Å²) in [5, 5.41) is 7.92. The van der Waals surface area contributed by atoms with E-state index >= 15 is 0 Å². The van der Waals surface area contributed by atoms with Crippen molar-refractivity contribution >= 4 is 33.2 Å². The second-order valence-electron chi connectivity index (χ2n) is 4.48. The number of hydrogen-bond acceptors (Lipinski definition) is 2. The highest BCUT2D eigenvalue weighted by Crippen LogP contribution is 2.26. The van der Waals surface area contributed by atoms with Gasteiger partial charge in [-0.2, -0.15) is 5.10 Å². The summed E-state index contributed by atoms with van der Waals surface area (Å²) in [5.74, 6) is -1.28. The molecule has 0 aliphatic carbocycles.